The van der Waals surface area contributed by atoms with Crippen LogP contribution in [0.3, 0.4) is 0 Å². The van der Waals surface area contributed by atoms with Gasteiger partial charge in [0.1, 0.15) is 22.7 Å². The molecule has 2 aromatic carbocycles. The fourth-order valence-electron chi connectivity index (χ4n) is 4.24. The number of terminal acetylenes is 1. The molecule has 4 rings (SSSR count). The van der Waals surface area contributed by atoms with E-state index in [0.717, 1.165) is 15.7 Å². The number of hydrogen-bond donors (Lipinski definition) is 3. The van der Waals surface area contributed by atoms with Gasteiger partial charge in [0.2, 0.25) is 10.0 Å². The largest absolute Gasteiger partial charge is 0.456 e. The molecule has 0 aliphatic carbocycles. The summed E-state index contributed by atoms with van der Waals surface area (Å²) in [5.41, 5.74) is 1.95. The van der Waals surface area contributed by atoms with Gasteiger partial charge in [0.05, 0.1) is 5.75 Å². The Morgan fingerprint density at radius 1 is 1.07 bits per heavy atom. The molecule has 2 heterocycles. The first-order valence-corrected chi connectivity index (χ1v) is 14.1. The fraction of sp³-hybridized carbons (Fsp3) is 0.207. The minimum atomic E-state index is -3.63. The summed E-state index contributed by atoms with van der Waals surface area (Å²) in [6.45, 7) is 7.40. The highest BCUT2D eigenvalue weighted by Gasteiger charge is 2.22. The summed E-state index contributed by atoms with van der Waals surface area (Å²) in [6, 6.07) is 11.9. The molecular weight excluding hydrogens is 532 g/mol. The minimum Gasteiger partial charge on any atom is -0.456 e. The summed E-state index contributed by atoms with van der Waals surface area (Å²) in [5.74, 6) is 1.34. The van der Waals surface area contributed by atoms with Gasteiger partial charge in [-0.05, 0) is 69.0 Å². The van der Waals surface area contributed by atoms with E-state index in [1.807, 2.05) is 38.0 Å². The Bertz CT molecular complexity index is 1840. The minimum absolute atomic E-state index is 0.0279. The smallest absolute Gasteiger partial charge is 0.309 e. The number of hydrogen-bond acceptors (Lipinski definition) is 6. The number of carbonyl (C=O) groups excluding carboxylic acids is 2. The van der Waals surface area contributed by atoms with Crippen LogP contribution >= 0.6 is 0 Å². The number of aromatic amines is 1. The fourth-order valence-corrected chi connectivity index (χ4v) is 4.87. The van der Waals surface area contributed by atoms with Gasteiger partial charge in [0, 0.05) is 34.9 Å². The molecule has 2 aromatic heterocycles. The van der Waals surface area contributed by atoms with Crippen molar-refractivity contribution >= 4 is 38.4 Å². The third-order valence-corrected chi connectivity index (χ3v) is 7.57. The molecule has 0 atom stereocenters. The summed E-state index contributed by atoms with van der Waals surface area (Å²) in [4.78, 5) is 41.2. The normalized spacial score (nSPS) is 11.2. The number of rotatable bonds is 8. The molecule has 1 amide bonds. The van der Waals surface area contributed by atoms with Crippen molar-refractivity contribution in [1.29, 1.82) is 0 Å². The van der Waals surface area contributed by atoms with Crippen molar-refractivity contribution in [2.45, 2.75) is 27.7 Å². The number of amides is 1. The molecule has 11 heteroatoms. The van der Waals surface area contributed by atoms with E-state index in [9.17, 15) is 22.8 Å². The molecule has 10 nitrogen and oxygen atoms in total. The first-order valence-electron chi connectivity index (χ1n) is 12.5. The van der Waals surface area contributed by atoms with Crippen molar-refractivity contribution in [3.05, 3.63) is 75.8 Å². The van der Waals surface area contributed by atoms with Gasteiger partial charge in [0.15, 0.2) is 0 Å². The number of fused-ring (bicyclic) bond motifs is 1. The maximum Gasteiger partial charge on any atom is 0.309 e. The van der Waals surface area contributed by atoms with Gasteiger partial charge in [-0.15, -0.1) is 6.42 Å². The van der Waals surface area contributed by atoms with Crippen LogP contribution < -0.4 is 20.3 Å². The predicted molar refractivity (Wildman–Crippen MR) is 155 cm³/mol. The maximum atomic E-state index is 13.2. The summed E-state index contributed by atoms with van der Waals surface area (Å²) in [5, 5.41) is 2.98. The number of nitrogens with zero attached hydrogens (tertiary/aromatic N) is 1. The lowest BCUT2D eigenvalue weighted by atomic mass is 10.0. The number of sulfonamides is 1. The molecule has 4 aromatic rings. The van der Waals surface area contributed by atoms with E-state index in [0.29, 0.717) is 34.6 Å². The molecule has 3 N–H and O–H groups in total. The van der Waals surface area contributed by atoms with Crippen LogP contribution in [-0.2, 0) is 10.0 Å². The van der Waals surface area contributed by atoms with E-state index >= 15 is 0 Å². The third kappa shape index (κ3) is 5.48. The van der Waals surface area contributed by atoms with Gasteiger partial charge in [0.25, 0.3) is 11.5 Å². The number of pyridine rings is 1. The van der Waals surface area contributed by atoms with Crippen LogP contribution in [0, 0.1) is 26.2 Å². The molecule has 0 spiro atoms. The van der Waals surface area contributed by atoms with Crippen LogP contribution in [0.5, 0.6) is 11.5 Å². The molecule has 0 saturated carbocycles. The van der Waals surface area contributed by atoms with Gasteiger partial charge in [-0.1, -0.05) is 18.2 Å². The molecule has 0 saturated heterocycles. The number of aromatic nitrogens is 2. The quantitative estimate of drug-likeness (QED) is 0.276. The Morgan fingerprint density at radius 3 is 2.40 bits per heavy atom. The highest BCUT2D eigenvalue weighted by Crippen LogP contribution is 2.40. The Kier molecular flexibility index (Phi) is 7.84. The number of ether oxygens (including phenoxy) is 1. The molecular formula is C29H28N4O6S. The number of aryl methyl sites for hydroxylation is 2. The molecule has 0 radical (unpaired) electrons. The van der Waals surface area contributed by atoms with Crippen LogP contribution in [-0.4, -0.2) is 42.1 Å². The lowest BCUT2D eigenvalue weighted by Crippen LogP contribution is -2.26. The highest BCUT2D eigenvalue weighted by atomic mass is 32.2. The predicted octanol–water partition coefficient (Wildman–Crippen LogP) is 4.19. The summed E-state index contributed by atoms with van der Waals surface area (Å²) >= 11 is 0. The Morgan fingerprint density at radius 2 is 1.77 bits per heavy atom. The number of anilines is 1. The van der Waals surface area contributed by atoms with E-state index in [4.69, 9.17) is 11.2 Å². The first kappa shape index (κ1) is 28.2. The number of nitrogens with one attached hydrogen (secondary N) is 3. The van der Waals surface area contributed by atoms with Gasteiger partial charge >= 0.3 is 5.91 Å². The van der Waals surface area contributed by atoms with Crippen molar-refractivity contribution in [1.82, 2.24) is 14.9 Å². The molecule has 206 valence electrons. The molecule has 0 aliphatic rings. The van der Waals surface area contributed by atoms with Crippen molar-refractivity contribution in [3.63, 3.8) is 0 Å². The lowest BCUT2D eigenvalue weighted by molar-refractivity contribution is 0.0950. The Balaban J connectivity index is 2.06. The molecule has 0 aliphatic heterocycles. The molecule has 0 bridgehead atoms. The second-order valence-electron chi connectivity index (χ2n) is 9.04. The van der Waals surface area contributed by atoms with Gasteiger partial charge < -0.3 is 15.0 Å². The van der Waals surface area contributed by atoms with E-state index in [1.54, 1.807) is 25.1 Å². The zero-order valence-electron chi connectivity index (χ0n) is 22.4. The highest BCUT2D eigenvalue weighted by molar-refractivity contribution is 7.92. The molecule has 40 heavy (non-hydrogen) atoms. The summed E-state index contributed by atoms with van der Waals surface area (Å²) in [7, 11) is -3.63. The van der Waals surface area contributed by atoms with E-state index < -0.39 is 27.4 Å². The zero-order valence-corrected chi connectivity index (χ0v) is 23.2. The van der Waals surface area contributed by atoms with Crippen LogP contribution in [0.25, 0.3) is 22.0 Å². The van der Waals surface area contributed by atoms with Crippen LogP contribution in [0.4, 0.5) is 5.69 Å². The third-order valence-electron chi connectivity index (χ3n) is 6.27. The number of carbonyl (C=O) groups is 2. The average Bonchev–Trinajstić information content (AvgIpc) is 3.38. The van der Waals surface area contributed by atoms with Gasteiger partial charge in [-0.2, -0.15) is 0 Å². The number of H-pyrrole nitrogens is 1. The van der Waals surface area contributed by atoms with E-state index in [2.05, 4.69) is 15.0 Å². The topological polar surface area (TPSA) is 139 Å². The average molecular weight is 561 g/mol. The first-order chi connectivity index (χ1) is 19.0. The second-order valence-corrected chi connectivity index (χ2v) is 11.0. The zero-order chi connectivity index (χ0) is 29.2. The second kappa shape index (κ2) is 11.1. The number of benzene rings is 2. The molecule has 0 fully saturated rings. The van der Waals surface area contributed by atoms with Gasteiger partial charge in [-0.3, -0.25) is 19.1 Å². The summed E-state index contributed by atoms with van der Waals surface area (Å²) in [6.07, 6.45) is 6.61. The van der Waals surface area contributed by atoms with E-state index in [1.165, 1.54) is 19.2 Å². The van der Waals surface area contributed by atoms with E-state index in [-0.39, 0.29) is 22.7 Å². The monoisotopic (exact) mass is 560 g/mol. The van der Waals surface area contributed by atoms with Crippen LogP contribution in [0.1, 0.15) is 40.3 Å². The van der Waals surface area contributed by atoms with Crippen molar-refractivity contribution < 1.29 is 22.7 Å². The van der Waals surface area contributed by atoms with Crippen molar-refractivity contribution in [2.75, 3.05) is 17.0 Å². The lowest BCUT2D eigenvalue weighted by Gasteiger charge is -2.18. The number of para-hydroxylation sites is 1. The molecule has 0 unspecified atom stereocenters. The van der Waals surface area contributed by atoms with Crippen molar-refractivity contribution in [3.8, 4) is 35.0 Å². The standard InChI is InChI=1S/C29H28N4O6S/c1-6-25(34)33-16-22(21-15-23(28(35)30-7-2)31-26(21)29(33)36)20-14-19(32-40(37,38)8-3)12-13-24(20)39-27-17(4)10-9-11-18(27)5/h1,9-16,31-32H,7-8H2,2-5H3,(H,30,35). The maximum absolute atomic E-state index is 13.2. The Labute approximate surface area is 231 Å². The SMILES string of the molecule is C#CC(=O)n1cc(-c2cc(NS(=O)(=O)CC)ccc2Oc2c(C)cccc2C)c2cc(C(=O)NCC)[nH]c2c1=O. The van der Waals surface area contributed by atoms with Gasteiger partial charge in [-0.25, -0.2) is 13.0 Å². The summed E-state index contributed by atoms with van der Waals surface area (Å²) < 4.78 is 34.4. The Hall–Kier alpha value is -4.82. The van der Waals surface area contributed by atoms with Crippen LogP contribution in [0.15, 0.2) is 53.5 Å². The van der Waals surface area contributed by atoms with Crippen molar-refractivity contribution in [2.24, 2.45) is 0 Å². The van der Waals surface area contributed by atoms with Crippen LogP contribution in [0.2, 0.25) is 0 Å².